The maximum absolute atomic E-state index is 14.9. The molecule has 2 rings (SSSR count). The minimum atomic E-state index is -0.799. The number of nitrogens with zero attached hydrogens (tertiary/aromatic N) is 2. The van der Waals surface area contributed by atoms with Gasteiger partial charge in [-0.1, -0.05) is 5.92 Å². The molecule has 0 fully saturated rings. The van der Waals surface area contributed by atoms with Crippen LogP contribution in [0.2, 0.25) is 0 Å². The molecule has 0 bridgehead atoms. The van der Waals surface area contributed by atoms with E-state index in [0.29, 0.717) is 5.56 Å². The highest BCUT2D eigenvalue weighted by molar-refractivity contribution is 5.82. The number of esters is 1. The number of methoxy groups -OCH3 is 1. The van der Waals surface area contributed by atoms with E-state index in [9.17, 15) is 14.0 Å². The van der Waals surface area contributed by atoms with Crippen LogP contribution in [0.15, 0.2) is 16.9 Å². The van der Waals surface area contributed by atoms with Gasteiger partial charge in [-0.3, -0.25) is 19.0 Å². The van der Waals surface area contributed by atoms with Crippen LogP contribution in [0.25, 0.3) is 11.1 Å². The number of hydrogen-bond acceptors (Lipinski definition) is 4. The second-order valence-corrected chi connectivity index (χ2v) is 7.08. The number of rotatable bonds is 3. The van der Waals surface area contributed by atoms with E-state index in [-0.39, 0.29) is 22.8 Å². The third kappa shape index (κ3) is 3.75. The lowest BCUT2D eigenvalue weighted by Crippen LogP contribution is -2.26. The van der Waals surface area contributed by atoms with Crippen LogP contribution in [0, 0.1) is 23.1 Å². The van der Waals surface area contributed by atoms with Gasteiger partial charge in [0.25, 0.3) is 5.56 Å². The topological polar surface area (TPSA) is 62.5 Å². The number of hydrogen-bond donors (Lipinski definition) is 0. The Bertz CT molecular complexity index is 1010. The van der Waals surface area contributed by atoms with Crippen LogP contribution in [0.3, 0.4) is 0 Å². The summed E-state index contributed by atoms with van der Waals surface area (Å²) in [7, 11) is 4.43. The predicted molar refractivity (Wildman–Crippen MR) is 100 cm³/mol. The monoisotopic (exact) mass is 374 g/mol. The van der Waals surface area contributed by atoms with E-state index in [0.717, 1.165) is 0 Å². The zero-order chi connectivity index (χ0) is 20.5. The number of ether oxygens (including phenoxy) is 2. The summed E-state index contributed by atoms with van der Waals surface area (Å²) in [5.41, 5.74) is -1.05. The molecular weight excluding hydrogens is 351 g/mol. The fourth-order valence-electron chi connectivity index (χ4n) is 2.46. The molecule has 0 unspecified atom stereocenters. The number of benzene rings is 1. The molecule has 0 aliphatic rings. The van der Waals surface area contributed by atoms with Gasteiger partial charge >= 0.3 is 5.97 Å². The van der Waals surface area contributed by atoms with Gasteiger partial charge in [0.2, 0.25) is 5.88 Å². The Kier molecular flexibility index (Phi) is 5.50. The van der Waals surface area contributed by atoms with Gasteiger partial charge in [0, 0.05) is 19.7 Å². The summed E-state index contributed by atoms with van der Waals surface area (Å²) >= 11 is 0. The molecule has 6 nitrogen and oxygen atoms in total. The van der Waals surface area contributed by atoms with E-state index >= 15 is 0 Å². The maximum Gasteiger partial charge on any atom is 0.317 e. The minimum Gasteiger partial charge on any atom is -0.496 e. The Hall–Kier alpha value is -3.01. The van der Waals surface area contributed by atoms with Gasteiger partial charge in [0.1, 0.15) is 17.1 Å². The van der Waals surface area contributed by atoms with E-state index in [4.69, 9.17) is 9.47 Å². The molecule has 0 aliphatic carbocycles. The Morgan fingerprint density at radius 1 is 1.15 bits per heavy atom. The first kappa shape index (κ1) is 20.3. The van der Waals surface area contributed by atoms with Crippen molar-refractivity contribution in [3.63, 3.8) is 0 Å². The number of halogens is 1. The first-order valence-corrected chi connectivity index (χ1v) is 8.31. The third-order valence-electron chi connectivity index (χ3n) is 4.06. The first-order valence-electron chi connectivity index (χ1n) is 8.31. The van der Waals surface area contributed by atoms with Crippen LogP contribution >= 0.6 is 0 Å². The van der Waals surface area contributed by atoms with Gasteiger partial charge in [0.05, 0.1) is 18.1 Å². The van der Waals surface area contributed by atoms with Gasteiger partial charge in [0.15, 0.2) is 0 Å². The van der Waals surface area contributed by atoms with Crippen molar-refractivity contribution >= 4 is 5.97 Å². The standard InChI is InChI=1S/C20H23FN2O4/c1-8-9-12-10-13(21)15(14(11-12)26-7)16-17(24)22(5)23(6)18(16)27-19(25)20(2,3)4/h10-11H,1-7H3. The lowest BCUT2D eigenvalue weighted by atomic mass is 9.97. The minimum absolute atomic E-state index is 0.0473. The zero-order valence-electron chi connectivity index (χ0n) is 16.6. The molecule has 7 heteroatoms. The molecule has 2 aromatic rings. The maximum atomic E-state index is 14.9. The lowest BCUT2D eigenvalue weighted by molar-refractivity contribution is -0.143. The molecule has 0 saturated carbocycles. The smallest absolute Gasteiger partial charge is 0.317 e. The van der Waals surface area contributed by atoms with Crippen molar-refractivity contribution in [3.8, 4) is 34.6 Å². The van der Waals surface area contributed by atoms with Gasteiger partial charge < -0.3 is 9.47 Å². The number of carbonyl (C=O) groups is 1. The summed E-state index contributed by atoms with van der Waals surface area (Å²) in [6.07, 6.45) is 0. The van der Waals surface area contributed by atoms with Crippen LogP contribution in [0.1, 0.15) is 33.3 Å². The molecule has 0 saturated heterocycles. The van der Waals surface area contributed by atoms with Crippen molar-refractivity contribution in [2.75, 3.05) is 7.11 Å². The van der Waals surface area contributed by atoms with Crippen LogP contribution < -0.4 is 15.0 Å². The molecule has 1 aromatic carbocycles. The molecule has 1 heterocycles. The van der Waals surface area contributed by atoms with E-state index in [1.807, 2.05) is 0 Å². The molecule has 0 amide bonds. The molecule has 0 atom stereocenters. The van der Waals surface area contributed by atoms with Gasteiger partial charge in [-0.05, 0) is 39.8 Å². The molecule has 1 aromatic heterocycles. The Morgan fingerprint density at radius 2 is 1.78 bits per heavy atom. The van der Waals surface area contributed by atoms with E-state index < -0.39 is 22.8 Å². The molecule has 27 heavy (non-hydrogen) atoms. The summed E-state index contributed by atoms with van der Waals surface area (Å²) in [4.78, 5) is 25.2. The van der Waals surface area contributed by atoms with Crippen molar-refractivity contribution in [1.82, 2.24) is 9.36 Å². The highest BCUT2D eigenvalue weighted by Crippen LogP contribution is 2.37. The molecule has 0 N–H and O–H groups in total. The van der Waals surface area contributed by atoms with E-state index in [1.54, 1.807) is 34.7 Å². The van der Waals surface area contributed by atoms with Crippen LogP contribution in [-0.2, 0) is 18.9 Å². The Morgan fingerprint density at radius 3 is 2.30 bits per heavy atom. The van der Waals surface area contributed by atoms with Crippen molar-refractivity contribution in [2.45, 2.75) is 27.7 Å². The summed E-state index contributed by atoms with van der Waals surface area (Å²) in [5, 5.41) is 0. The quantitative estimate of drug-likeness (QED) is 0.612. The van der Waals surface area contributed by atoms with Crippen LogP contribution in [0.4, 0.5) is 4.39 Å². The van der Waals surface area contributed by atoms with E-state index in [1.165, 1.54) is 35.7 Å². The predicted octanol–water partition coefficient (Wildman–Crippen LogP) is 2.86. The van der Waals surface area contributed by atoms with Gasteiger partial charge in [-0.2, -0.15) is 0 Å². The first-order chi connectivity index (χ1) is 12.5. The van der Waals surface area contributed by atoms with Gasteiger partial charge in [-0.15, -0.1) is 5.92 Å². The largest absolute Gasteiger partial charge is 0.496 e. The van der Waals surface area contributed by atoms with Gasteiger partial charge in [-0.25, -0.2) is 4.39 Å². The number of carbonyl (C=O) groups excluding carboxylic acids is 1. The Labute approximate surface area is 157 Å². The number of aromatic nitrogens is 2. The Balaban J connectivity index is 2.80. The zero-order valence-corrected chi connectivity index (χ0v) is 16.6. The highest BCUT2D eigenvalue weighted by atomic mass is 19.1. The summed E-state index contributed by atoms with van der Waals surface area (Å²) in [6.45, 7) is 6.70. The average molecular weight is 374 g/mol. The molecule has 144 valence electrons. The fourth-order valence-corrected chi connectivity index (χ4v) is 2.46. The van der Waals surface area contributed by atoms with E-state index in [2.05, 4.69) is 11.8 Å². The third-order valence-corrected chi connectivity index (χ3v) is 4.06. The summed E-state index contributed by atoms with van der Waals surface area (Å²) in [5.74, 6) is 4.29. The average Bonchev–Trinajstić information content (AvgIpc) is 2.78. The van der Waals surface area contributed by atoms with Crippen molar-refractivity contribution in [2.24, 2.45) is 19.5 Å². The fraction of sp³-hybridized carbons (Fsp3) is 0.400. The SMILES string of the molecule is CC#Cc1cc(F)c(-c2c(OC(=O)C(C)(C)C)n(C)n(C)c2=O)c(OC)c1. The lowest BCUT2D eigenvalue weighted by Gasteiger charge is -2.18. The molecular formula is C20H23FN2O4. The molecule has 0 spiro atoms. The van der Waals surface area contributed by atoms with Crippen LogP contribution in [0.5, 0.6) is 11.6 Å². The highest BCUT2D eigenvalue weighted by Gasteiger charge is 2.31. The van der Waals surface area contributed by atoms with Crippen LogP contribution in [-0.4, -0.2) is 22.4 Å². The molecule has 0 aliphatic heterocycles. The summed E-state index contributed by atoms with van der Waals surface area (Å²) < 4.78 is 28.3. The second kappa shape index (κ2) is 7.31. The summed E-state index contributed by atoms with van der Waals surface area (Å²) in [6, 6.07) is 2.76. The van der Waals surface area contributed by atoms with Crippen molar-refractivity contribution < 1.29 is 18.7 Å². The van der Waals surface area contributed by atoms with Crippen molar-refractivity contribution in [1.29, 1.82) is 0 Å². The van der Waals surface area contributed by atoms with Crippen molar-refractivity contribution in [3.05, 3.63) is 33.9 Å². The normalized spacial score (nSPS) is 11.0. The second-order valence-electron chi connectivity index (χ2n) is 7.08. The molecule has 0 radical (unpaired) electrons.